The molecule has 0 bridgehead atoms. The molecule has 2 saturated heterocycles. The number of carbonyl (C=O) groups is 3. The van der Waals surface area contributed by atoms with Gasteiger partial charge >= 0.3 is 0 Å². The van der Waals surface area contributed by atoms with E-state index in [2.05, 4.69) is 16.7 Å². The summed E-state index contributed by atoms with van der Waals surface area (Å²) < 4.78 is 0. The van der Waals surface area contributed by atoms with E-state index < -0.39 is 6.04 Å². The van der Waals surface area contributed by atoms with Crippen LogP contribution in [0.4, 0.5) is 0 Å². The van der Waals surface area contributed by atoms with Gasteiger partial charge in [0, 0.05) is 23.9 Å². The Morgan fingerprint density at radius 1 is 1.17 bits per heavy atom. The molecule has 0 aliphatic carbocycles. The molecule has 0 aromatic carbocycles. The van der Waals surface area contributed by atoms with Crippen LogP contribution in [-0.4, -0.2) is 35.2 Å². The highest BCUT2D eigenvalue weighted by Gasteiger charge is 2.40. The number of piperidine rings is 2. The first-order chi connectivity index (χ1) is 11.1. The van der Waals surface area contributed by atoms with E-state index in [-0.39, 0.29) is 17.7 Å². The third kappa shape index (κ3) is 2.57. The lowest BCUT2D eigenvalue weighted by atomic mass is 10.0. The molecular weight excluding hydrogens is 314 g/mol. The molecule has 1 aromatic rings. The van der Waals surface area contributed by atoms with E-state index in [0.717, 1.165) is 23.4 Å². The number of rotatable bonds is 2. The summed E-state index contributed by atoms with van der Waals surface area (Å²) >= 11 is 1.55. The highest BCUT2D eigenvalue weighted by molar-refractivity contribution is 7.14. The van der Waals surface area contributed by atoms with Crippen molar-refractivity contribution < 1.29 is 14.4 Å². The van der Waals surface area contributed by atoms with Gasteiger partial charge in [-0.3, -0.25) is 19.7 Å². The topological polar surface area (TPSA) is 78.5 Å². The molecule has 2 unspecified atom stereocenters. The second-order valence-corrected chi connectivity index (χ2v) is 7.49. The Labute approximate surface area is 138 Å². The minimum Gasteiger partial charge on any atom is -0.321 e. The summed E-state index contributed by atoms with van der Waals surface area (Å²) in [5.74, 6) is -0.668. The highest BCUT2D eigenvalue weighted by Crippen LogP contribution is 2.37. The molecule has 6 nitrogen and oxygen atoms in total. The molecule has 2 fully saturated rings. The molecule has 3 amide bonds. The van der Waals surface area contributed by atoms with E-state index in [1.807, 2.05) is 0 Å². The number of hydrogen-bond acceptors (Lipinski definition) is 5. The third-order valence-corrected chi connectivity index (χ3v) is 6.14. The van der Waals surface area contributed by atoms with Crippen molar-refractivity contribution in [3.05, 3.63) is 21.4 Å². The van der Waals surface area contributed by atoms with E-state index >= 15 is 0 Å². The lowest BCUT2D eigenvalue weighted by molar-refractivity contribution is -0.136. The van der Waals surface area contributed by atoms with E-state index in [9.17, 15) is 14.4 Å². The first-order valence-corrected chi connectivity index (χ1v) is 8.96. The predicted molar refractivity (Wildman–Crippen MR) is 85.0 cm³/mol. The third-order valence-electron chi connectivity index (χ3n) is 4.86. The van der Waals surface area contributed by atoms with E-state index in [4.69, 9.17) is 0 Å². The van der Waals surface area contributed by atoms with Gasteiger partial charge in [-0.2, -0.15) is 0 Å². The summed E-state index contributed by atoms with van der Waals surface area (Å²) in [6.45, 7) is 1.51. The van der Waals surface area contributed by atoms with Crippen molar-refractivity contribution in [3.63, 3.8) is 0 Å². The summed E-state index contributed by atoms with van der Waals surface area (Å²) in [4.78, 5) is 39.5. The second-order valence-electron chi connectivity index (χ2n) is 6.41. The Kier molecular flexibility index (Phi) is 3.69. The SMILES string of the molecule is O=C1CCC(N2Cc3cc(C4CCCCN4)sc3C2=O)C(=O)N1. The van der Waals surface area contributed by atoms with Crippen molar-refractivity contribution in [2.45, 2.75) is 50.7 Å². The van der Waals surface area contributed by atoms with Crippen LogP contribution in [0.25, 0.3) is 0 Å². The maximum Gasteiger partial charge on any atom is 0.265 e. The standard InChI is InChI=1S/C16H19N3O3S/c20-13-5-4-11(15(21)18-13)19-8-9-7-12(23-14(9)16(19)22)10-3-1-2-6-17-10/h7,10-11,17H,1-6,8H2,(H,18,20,21). The lowest BCUT2D eigenvalue weighted by Crippen LogP contribution is -2.52. The molecule has 23 heavy (non-hydrogen) atoms. The van der Waals surface area contributed by atoms with Gasteiger partial charge in [-0.05, 0) is 37.4 Å². The quantitative estimate of drug-likeness (QED) is 0.800. The fraction of sp³-hybridized carbons (Fsp3) is 0.562. The summed E-state index contributed by atoms with van der Waals surface area (Å²) in [6.07, 6.45) is 4.26. The summed E-state index contributed by atoms with van der Waals surface area (Å²) in [5.41, 5.74) is 1.02. The lowest BCUT2D eigenvalue weighted by Gasteiger charge is -2.29. The zero-order valence-corrected chi connectivity index (χ0v) is 13.6. The van der Waals surface area contributed by atoms with Crippen molar-refractivity contribution in [2.75, 3.05) is 6.54 Å². The summed E-state index contributed by atoms with van der Waals surface area (Å²) in [5, 5.41) is 5.84. The van der Waals surface area contributed by atoms with Crippen molar-refractivity contribution in [3.8, 4) is 0 Å². The molecule has 122 valence electrons. The molecule has 3 aliphatic rings. The largest absolute Gasteiger partial charge is 0.321 e. The number of hydrogen-bond donors (Lipinski definition) is 2. The molecule has 0 radical (unpaired) electrons. The van der Waals surface area contributed by atoms with Crippen LogP contribution in [-0.2, 0) is 16.1 Å². The van der Waals surface area contributed by atoms with Crippen LogP contribution in [0.3, 0.4) is 0 Å². The van der Waals surface area contributed by atoms with Crippen LogP contribution < -0.4 is 10.6 Å². The zero-order valence-electron chi connectivity index (χ0n) is 12.8. The van der Waals surface area contributed by atoms with E-state index in [1.54, 1.807) is 16.2 Å². The Morgan fingerprint density at radius 2 is 2.04 bits per heavy atom. The number of thiophene rings is 1. The smallest absolute Gasteiger partial charge is 0.265 e. The highest BCUT2D eigenvalue weighted by atomic mass is 32.1. The number of nitrogens with one attached hydrogen (secondary N) is 2. The molecule has 2 N–H and O–H groups in total. The number of imide groups is 1. The molecule has 1 aromatic heterocycles. The normalized spacial score (nSPS) is 28.0. The van der Waals surface area contributed by atoms with Gasteiger partial charge in [0.1, 0.15) is 6.04 Å². The number of amides is 3. The van der Waals surface area contributed by atoms with Crippen LogP contribution in [0.2, 0.25) is 0 Å². The van der Waals surface area contributed by atoms with Gasteiger partial charge < -0.3 is 10.2 Å². The Hall–Kier alpha value is -1.73. The monoisotopic (exact) mass is 333 g/mol. The first-order valence-electron chi connectivity index (χ1n) is 8.14. The molecule has 2 atom stereocenters. The molecule has 7 heteroatoms. The van der Waals surface area contributed by atoms with E-state index in [0.29, 0.717) is 25.4 Å². The molecule has 0 spiro atoms. The molecule has 4 heterocycles. The summed E-state index contributed by atoms with van der Waals surface area (Å²) in [6, 6.07) is 1.96. The van der Waals surface area contributed by atoms with Crippen molar-refractivity contribution in [2.24, 2.45) is 0 Å². The molecule has 4 rings (SSSR count). The van der Waals surface area contributed by atoms with Gasteiger partial charge in [-0.25, -0.2) is 0 Å². The maximum atomic E-state index is 12.7. The van der Waals surface area contributed by atoms with Gasteiger partial charge in [-0.1, -0.05) is 6.42 Å². The van der Waals surface area contributed by atoms with Gasteiger partial charge in [0.05, 0.1) is 4.88 Å². The van der Waals surface area contributed by atoms with Gasteiger partial charge in [-0.15, -0.1) is 11.3 Å². The van der Waals surface area contributed by atoms with Crippen LogP contribution in [0.15, 0.2) is 6.07 Å². The number of nitrogens with zero attached hydrogens (tertiary/aromatic N) is 1. The van der Waals surface area contributed by atoms with Crippen molar-refractivity contribution in [1.82, 2.24) is 15.5 Å². The van der Waals surface area contributed by atoms with Gasteiger partial charge in [0.15, 0.2) is 0 Å². The van der Waals surface area contributed by atoms with Crippen LogP contribution in [0.1, 0.15) is 58.3 Å². The second kappa shape index (κ2) is 5.72. The Morgan fingerprint density at radius 3 is 2.74 bits per heavy atom. The maximum absolute atomic E-state index is 12.7. The van der Waals surface area contributed by atoms with Crippen LogP contribution >= 0.6 is 11.3 Å². The average molecular weight is 333 g/mol. The first kappa shape index (κ1) is 14.8. The number of fused-ring (bicyclic) bond motifs is 1. The van der Waals surface area contributed by atoms with Crippen molar-refractivity contribution >= 4 is 29.1 Å². The molecule has 3 aliphatic heterocycles. The van der Waals surface area contributed by atoms with Gasteiger partial charge in [0.25, 0.3) is 5.91 Å². The Balaban J connectivity index is 1.52. The van der Waals surface area contributed by atoms with Gasteiger partial charge in [0.2, 0.25) is 11.8 Å². The fourth-order valence-corrected chi connectivity index (χ4v) is 4.87. The molecular formula is C16H19N3O3S. The van der Waals surface area contributed by atoms with Crippen LogP contribution in [0.5, 0.6) is 0 Å². The minimum absolute atomic E-state index is 0.0680. The van der Waals surface area contributed by atoms with Crippen molar-refractivity contribution in [1.29, 1.82) is 0 Å². The van der Waals surface area contributed by atoms with E-state index in [1.165, 1.54) is 17.7 Å². The summed E-state index contributed by atoms with van der Waals surface area (Å²) in [7, 11) is 0. The fourth-order valence-electron chi connectivity index (χ4n) is 3.63. The van der Waals surface area contributed by atoms with Crippen LogP contribution in [0, 0.1) is 0 Å². The predicted octanol–water partition coefficient (Wildman–Crippen LogP) is 1.32. The Bertz CT molecular complexity index is 678. The average Bonchev–Trinajstić information content (AvgIpc) is 3.09. The number of carbonyl (C=O) groups excluding carboxylic acids is 3. The minimum atomic E-state index is -0.518. The molecule has 0 saturated carbocycles. The zero-order chi connectivity index (χ0) is 16.0.